The molecule has 1 aromatic heterocycles. The average Bonchev–Trinajstić information content (AvgIpc) is 2.29. The van der Waals surface area contributed by atoms with Gasteiger partial charge in [0.15, 0.2) is 0 Å². The summed E-state index contributed by atoms with van der Waals surface area (Å²) in [7, 11) is 0. The fourth-order valence-electron chi connectivity index (χ4n) is 1.24. The first-order valence-electron chi connectivity index (χ1n) is 5.06. The van der Waals surface area contributed by atoms with Crippen LogP contribution in [0.2, 0.25) is 0 Å². The zero-order chi connectivity index (χ0) is 12.7. The maximum atomic E-state index is 10.7. The van der Waals surface area contributed by atoms with Crippen molar-refractivity contribution in [3.8, 4) is 0 Å². The lowest BCUT2D eigenvalue weighted by Gasteiger charge is -2.15. The highest BCUT2D eigenvalue weighted by Crippen LogP contribution is 2.14. The predicted molar refractivity (Wildman–Crippen MR) is 59.1 cm³/mol. The number of carbonyl (C=O) groups excluding carboxylic acids is 2. The SMILES string of the molecule is CC(=O)OC[C@@H](COC(N)=O)c1ccccn1. The second-order valence-electron chi connectivity index (χ2n) is 3.38. The Morgan fingerprint density at radius 1 is 1.35 bits per heavy atom. The molecule has 0 aliphatic rings. The van der Waals surface area contributed by atoms with E-state index in [9.17, 15) is 9.59 Å². The quantitative estimate of drug-likeness (QED) is 0.767. The van der Waals surface area contributed by atoms with Crippen molar-refractivity contribution in [3.63, 3.8) is 0 Å². The molecular weight excluding hydrogens is 224 g/mol. The number of nitrogens with two attached hydrogens (primary N) is 1. The van der Waals surface area contributed by atoms with Gasteiger partial charge < -0.3 is 15.2 Å². The molecule has 2 N–H and O–H groups in total. The van der Waals surface area contributed by atoms with Crippen LogP contribution in [0, 0.1) is 0 Å². The lowest BCUT2D eigenvalue weighted by atomic mass is 10.1. The molecule has 0 bridgehead atoms. The number of pyridine rings is 1. The van der Waals surface area contributed by atoms with E-state index in [1.54, 1.807) is 24.4 Å². The standard InChI is InChI=1S/C11H14N2O4/c1-8(14)16-6-9(7-17-11(12)15)10-4-2-3-5-13-10/h2-5,9H,6-7H2,1H3,(H2,12,15)/t9-/m0/s1. The molecule has 1 aromatic rings. The molecule has 6 heteroatoms. The van der Waals surface area contributed by atoms with Gasteiger partial charge in [-0.25, -0.2) is 4.79 Å². The Morgan fingerprint density at radius 2 is 2.06 bits per heavy atom. The van der Waals surface area contributed by atoms with Crippen molar-refractivity contribution in [2.24, 2.45) is 5.73 Å². The third-order valence-electron chi connectivity index (χ3n) is 2.02. The Morgan fingerprint density at radius 3 is 2.59 bits per heavy atom. The summed E-state index contributed by atoms with van der Waals surface area (Å²) in [6.45, 7) is 1.43. The second kappa shape index (κ2) is 6.47. The third-order valence-corrected chi connectivity index (χ3v) is 2.02. The first-order chi connectivity index (χ1) is 8.09. The fraction of sp³-hybridized carbons (Fsp3) is 0.364. The molecule has 0 spiro atoms. The van der Waals surface area contributed by atoms with Crippen LogP contribution in [0.5, 0.6) is 0 Å². The predicted octanol–water partition coefficient (Wildman–Crippen LogP) is 0.824. The van der Waals surface area contributed by atoms with Crippen molar-refractivity contribution >= 4 is 12.1 Å². The van der Waals surface area contributed by atoms with Crippen LogP contribution in [-0.4, -0.2) is 30.3 Å². The van der Waals surface area contributed by atoms with Crippen LogP contribution in [0.1, 0.15) is 18.5 Å². The van der Waals surface area contributed by atoms with Gasteiger partial charge in [-0.2, -0.15) is 0 Å². The summed E-state index contributed by atoms with van der Waals surface area (Å²) in [6.07, 6.45) is 0.745. The fourth-order valence-corrected chi connectivity index (χ4v) is 1.24. The topological polar surface area (TPSA) is 91.5 Å². The van der Waals surface area contributed by atoms with Gasteiger partial charge in [0.2, 0.25) is 0 Å². The second-order valence-corrected chi connectivity index (χ2v) is 3.38. The van der Waals surface area contributed by atoms with E-state index >= 15 is 0 Å². The van der Waals surface area contributed by atoms with Gasteiger partial charge in [0.1, 0.15) is 13.2 Å². The van der Waals surface area contributed by atoms with Gasteiger partial charge in [-0.05, 0) is 12.1 Å². The van der Waals surface area contributed by atoms with E-state index in [0.29, 0.717) is 5.69 Å². The van der Waals surface area contributed by atoms with Gasteiger partial charge in [-0.15, -0.1) is 0 Å². The van der Waals surface area contributed by atoms with Crippen LogP contribution in [0.4, 0.5) is 4.79 Å². The summed E-state index contributed by atoms with van der Waals surface area (Å²) in [5.74, 6) is -0.711. The number of ether oxygens (including phenoxy) is 2. The van der Waals surface area contributed by atoms with E-state index in [0.717, 1.165) is 0 Å². The van der Waals surface area contributed by atoms with Crippen LogP contribution in [0.3, 0.4) is 0 Å². The summed E-state index contributed by atoms with van der Waals surface area (Å²) in [6, 6.07) is 5.33. The van der Waals surface area contributed by atoms with Crippen LogP contribution in [0.25, 0.3) is 0 Å². The molecule has 0 saturated carbocycles. The zero-order valence-corrected chi connectivity index (χ0v) is 9.46. The summed E-state index contributed by atoms with van der Waals surface area (Å²) in [4.78, 5) is 25.4. The van der Waals surface area contributed by atoms with Gasteiger partial charge in [-0.1, -0.05) is 6.07 Å². The van der Waals surface area contributed by atoms with Gasteiger partial charge in [-0.3, -0.25) is 9.78 Å². The summed E-state index contributed by atoms with van der Waals surface area (Å²) in [5.41, 5.74) is 5.56. The van der Waals surface area contributed by atoms with Gasteiger partial charge in [0.05, 0.1) is 11.6 Å². The highest BCUT2D eigenvalue weighted by Gasteiger charge is 2.16. The smallest absolute Gasteiger partial charge is 0.404 e. The monoisotopic (exact) mass is 238 g/mol. The van der Waals surface area contributed by atoms with Crippen molar-refractivity contribution in [1.29, 1.82) is 0 Å². The molecule has 92 valence electrons. The molecule has 1 rings (SSSR count). The number of carbonyl (C=O) groups is 2. The van der Waals surface area contributed by atoms with E-state index < -0.39 is 12.1 Å². The van der Waals surface area contributed by atoms with Crippen LogP contribution in [-0.2, 0) is 14.3 Å². The van der Waals surface area contributed by atoms with E-state index in [4.69, 9.17) is 15.2 Å². The number of aromatic nitrogens is 1. The third kappa shape index (κ3) is 4.96. The molecule has 17 heavy (non-hydrogen) atoms. The Labute approximate surface area is 98.7 Å². The largest absolute Gasteiger partial charge is 0.465 e. The molecule has 1 amide bonds. The van der Waals surface area contributed by atoms with E-state index in [2.05, 4.69) is 4.98 Å². The minimum Gasteiger partial charge on any atom is -0.465 e. The molecule has 0 saturated heterocycles. The van der Waals surface area contributed by atoms with Crippen molar-refractivity contribution in [2.75, 3.05) is 13.2 Å². The molecule has 0 aromatic carbocycles. The maximum Gasteiger partial charge on any atom is 0.404 e. The number of amides is 1. The zero-order valence-electron chi connectivity index (χ0n) is 9.46. The van der Waals surface area contributed by atoms with Gasteiger partial charge in [0.25, 0.3) is 0 Å². The molecule has 0 aliphatic carbocycles. The Hall–Kier alpha value is -2.11. The molecule has 0 aliphatic heterocycles. The Kier molecular flexibility index (Phi) is 4.93. The van der Waals surface area contributed by atoms with E-state index in [1.165, 1.54) is 6.92 Å². The first-order valence-corrected chi connectivity index (χ1v) is 5.06. The number of esters is 1. The Bertz CT molecular complexity index is 362. The summed E-state index contributed by atoms with van der Waals surface area (Å²) >= 11 is 0. The first kappa shape index (κ1) is 13.0. The highest BCUT2D eigenvalue weighted by atomic mass is 16.6. The van der Waals surface area contributed by atoms with Crippen molar-refractivity contribution < 1.29 is 19.1 Å². The van der Waals surface area contributed by atoms with Crippen molar-refractivity contribution in [1.82, 2.24) is 4.98 Å². The van der Waals surface area contributed by atoms with Gasteiger partial charge >= 0.3 is 12.1 Å². The minimum atomic E-state index is -0.867. The molecule has 1 atom stereocenters. The number of nitrogens with zero attached hydrogens (tertiary/aromatic N) is 1. The van der Waals surface area contributed by atoms with Crippen LogP contribution < -0.4 is 5.73 Å². The van der Waals surface area contributed by atoms with Gasteiger partial charge in [0, 0.05) is 13.1 Å². The van der Waals surface area contributed by atoms with E-state index in [1.807, 2.05) is 0 Å². The maximum absolute atomic E-state index is 10.7. The number of rotatable bonds is 5. The van der Waals surface area contributed by atoms with Crippen molar-refractivity contribution in [2.45, 2.75) is 12.8 Å². The lowest BCUT2D eigenvalue weighted by molar-refractivity contribution is -0.141. The normalized spacial score (nSPS) is 11.6. The number of primary amides is 1. The molecule has 0 unspecified atom stereocenters. The molecule has 1 heterocycles. The summed E-state index contributed by atoms with van der Waals surface area (Å²) < 4.78 is 9.58. The highest BCUT2D eigenvalue weighted by molar-refractivity contribution is 5.66. The number of hydrogen-bond donors (Lipinski definition) is 1. The molecule has 0 radical (unpaired) electrons. The number of hydrogen-bond acceptors (Lipinski definition) is 5. The Balaban J connectivity index is 2.64. The average molecular weight is 238 g/mol. The van der Waals surface area contributed by atoms with Crippen LogP contribution >= 0.6 is 0 Å². The van der Waals surface area contributed by atoms with Crippen molar-refractivity contribution in [3.05, 3.63) is 30.1 Å². The molecule has 0 fully saturated rings. The molecular formula is C11H14N2O4. The molecule has 6 nitrogen and oxygen atoms in total. The van der Waals surface area contributed by atoms with E-state index in [-0.39, 0.29) is 19.1 Å². The summed E-state index contributed by atoms with van der Waals surface area (Å²) in [5, 5.41) is 0. The lowest BCUT2D eigenvalue weighted by Crippen LogP contribution is -2.22. The van der Waals surface area contributed by atoms with Crippen LogP contribution in [0.15, 0.2) is 24.4 Å². The minimum absolute atomic E-state index is 0.0274.